The van der Waals surface area contributed by atoms with Crippen molar-refractivity contribution in [1.29, 1.82) is 0 Å². The molecule has 0 N–H and O–H groups in total. The van der Waals surface area contributed by atoms with Gasteiger partial charge in [0.05, 0.1) is 5.69 Å². The Labute approximate surface area is 145 Å². The Morgan fingerprint density at radius 3 is 2.72 bits per heavy atom. The minimum Gasteiger partial charge on any atom is -0.485 e. The van der Waals surface area contributed by atoms with Gasteiger partial charge in [-0.25, -0.2) is 4.98 Å². The molecule has 0 unspecified atom stereocenters. The van der Waals surface area contributed by atoms with E-state index in [9.17, 15) is 4.79 Å². The van der Waals surface area contributed by atoms with Crippen LogP contribution in [-0.4, -0.2) is 31.0 Å². The number of pyridine rings is 1. The summed E-state index contributed by atoms with van der Waals surface area (Å²) in [4.78, 5) is 24.2. The van der Waals surface area contributed by atoms with Crippen molar-refractivity contribution in [1.82, 2.24) is 24.7 Å². The van der Waals surface area contributed by atoms with Gasteiger partial charge in [-0.1, -0.05) is 0 Å². The lowest BCUT2D eigenvalue weighted by atomic mass is 10.2. The maximum Gasteiger partial charge on any atom is 0.172 e. The highest BCUT2D eigenvalue weighted by atomic mass is 16.5. The van der Waals surface area contributed by atoms with Crippen molar-refractivity contribution < 1.29 is 9.53 Å². The molecule has 0 spiro atoms. The number of ether oxygens (including phenoxy) is 1. The van der Waals surface area contributed by atoms with Crippen molar-refractivity contribution in [2.75, 3.05) is 0 Å². The Bertz CT molecular complexity index is 889. The standard InChI is InChI=1S/C18H19N5O2/c1-12(2)23-16(6-7-21-23)18-15(19-8-9-20-18)11-25-17-5-4-13(3)22-14(17)10-24/h4-10,12H,11H2,1-3H3. The molecule has 0 radical (unpaired) electrons. The maximum absolute atomic E-state index is 11.2. The van der Waals surface area contributed by atoms with E-state index in [4.69, 9.17) is 4.74 Å². The van der Waals surface area contributed by atoms with Crippen LogP contribution in [0.3, 0.4) is 0 Å². The zero-order valence-electron chi connectivity index (χ0n) is 14.4. The topological polar surface area (TPSA) is 82.8 Å². The van der Waals surface area contributed by atoms with Crippen LogP contribution < -0.4 is 4.74 Å². The third-order valence-electron chi connectivity index (χ3n) is 3.68. The molecule has 3 aromatic rings. The Balaban J connectivity index is 1.90. The molecule has 0 aromatic carbocycles. The van der Waals surface area contributed by atoms with Crippen LogP contribution in [-0.2, 0) is 6.61 Å². The highest BCUT2D eigenvalue weighted by molar-refractivity contribution is 5.76. The molecule has 7 nitrogen and oxygen atoms in total. The van der Waals surface area contributed by atoms with Gasteiger partial charge >= 0.3 is 0 Å². The molecule has 3 aromatic heterocycles. The van der Waals surface area contributed by atoms with Crippen LogP contribution in [0, 0.1) is 6.92 Å². The maximum atomic E-state index is 11.2. The monoisotopic (exact) mass is 337 g/mol. The first-order valence-corrected chi connectivity index (χ1v) is 7.99. The quantitative estimate of drug-likeness (QED) is 0.643. The number of carbonyl (C=O) groups is 1. The van der Waals surface area contributed by atoms with Gasteiger partial charge in [0.2, 0.25) is 0 Å². The van der Waals surface area contributed by atoms with E-state index in [1.807, 2.05) is 17.7 Å². The first-order chi connectivity index (χ1) is 12.1. The van der Waals surface area contributed by atoms with E-state index >= 15 is 0 Å². The van der Waals surface area contributed by atoms with Crippen molar-refractivity contribution >= 4 is 6.29 Å². The molecule has 0 saturated carbocycles. The average molecular weight is 337 g/mol. The van der Waals surface area contributed by atoms with Crippen molar-refractivity contribution in [2.24, 2.45) is 0 Å². The number of aromatic nitrogens is 5. The molecule has 0 amide bonds. The zero-order chi connectivity index (χ0) is 17.8. The Kier molecular flexibility index (Phi) is 4.83. The van der Waals surface area contributed by atoms with E-state index in [0.29, 0.717) is 23.4 Å². The second-order valence-corrected chi connectivity index (χ2v) is 5.85. The first-order valence-electron chi connectivity index (χ1n) is 7.99. The molecular formula is C18H19N5O2. The molecule has 0 aliphatic carbocycles. The van der Waals surface area contributed by atoms with Gasteiger partial charge in [0.15, 0.2) is 6.29 Å². The van der Waals surface area contributed by atoms with Gasteiger partial charge in [-0.05, 0) is 39.0 Å². The fraction of sp³-hybridized carbons (Fsp3) is 0.278. The summed E-state index contributed by atoms with van der Waals surface area (Å²) in [6, 6.07) is 5.63. The summed E-state index contributed by atoms with van der Waals surface area (Å²) in [5.74, 6) is 0.426. The van der Waals surface area contributed by atoms with Gasteiger partial charge in [0.25, 0.3) is 0 Å². The van der Waals surface area contributed by atoms with E-state index in [1.165, 1.54) is 0 Å². The number of aryl methyl sites for hydroxylation is 1. The molecular weight excluding hydrogens is 318 g/mol. The highest BCUT2D eigenvalue weighted by Crippen LogP contribution is 2.24. The lowest BCUT2D eigenvalue weighted by molar-refractivity contribution is 0.111. The number of rotatable bonds is 6. The second kappa shape index (κ2) is 7.21. The Morgan fingerprint density at radius 2 is 1.96 bits per heavy atom. The number of aldehydes is 1. The van der Waals surface area contributed by atoms with Crippen LogP contribution in [0.2, 0.25) is 0 Å². The van der Waals surface area contributed by atoms with Crippen LogP contribution in [0.15, 0.2) is 36.8 Å². The van der Waals surface area contributed by atoms with Crippen molar-refractivity contribution in [3.05, 3.63) is 53.9 Å². The third kappa shape index (κ3) is 3.55. The SMILES string of the molecule is Cc1ccc(OCc2nccnc2-c2ccnn2C(C)C)c(C=O)n1. The largest absolute Gasteiger partial charge is 0.485 e. The molecule has 0 fully saturated rings. The summed E-state index contributed by atoms with van der Waals surface area (Å²) < 4.78 is 7.67. The van der Waals surface area contributed by atoms with Gasteiger partial charge in [0, 0.05) is 30.3 Å². The summed E-state index contributed by atoms with van der Waals surface area (Å²) in [5, 5.41) is 4.34. The first kappa shape index (κ1) is 16.8. The highest BCUT2D eigenvalue weighted by Gasteiger charge is 2.15. The fourth-order valence-corrected chi connectivity index (χ4v) is 2.52. The van der Waals surface area contributed by atoms with Gasteiger partial charge in [0.1, 0.15) is 29.4 Å². The van der Waals surface area contributed by atoms with E-state index in [-0.39, 0.29) is 18.3 Å². The lowest BCUT2D eigenvalue weighted by Crippen LogP contribution is -2.09. The third-order valence-corrected chi connectivity index (χ3v) is 3.68. The van der Waals surface area contributed by atoms with Crippen molar-refractivity contribution in [3.63, 3.8) is 0 Å². The number of carbonyl (C=O) groups excluding carboxylic acids is 1. The number of nitrogens with zero attached hydrogens (tertiary/aromatic N) is 5. The predicted molar refractivity (Wildman–Crippen MR) is 92.3 cm³/mol. The van der Waals surface area contributed by atoms with Gasteiger partial charge in [-0.15, -0.1) is 0 Å². The second-order valence-electron chi connectivity index (χ2n) is 5.85. The molecule has 0 atom stereocenters. The van der Waals surface area contributed by atoms with E-state index in [1.54, 1.807) is 30.7 Å². The molecule has 0 aliphatic heterocycles. The van der Waals surface area contributed by atoms with E-state index in [2.05, 4.69) is 33.9 Å². The van der Waals surface area contributed by atoms with Crippen LogP contribution in [0.1, 0.15) is 41.8 Å². The van der Waals surface area contributed by atoms with Gasteiger partial charge in [-0.2, -0.15) is 5.10 Å². The predicted octanol–water partition coefficient (Wildman–Crippen LogP) is 3.02. The fourth-order valence-electron chi connectivity index (χ4n) is 2.52. The van der Waals surface area contributed by atoms with Crippen LogP contribution >= 0.6 is 0 Å². The average Bonchev–Trinajstić information content (AvgIpc) is 3.10. The lowest BCUT2D eigenvalue weighted by Gasteiger charge is -2.13. The van der Waals surface area contributed by atoms with E-state index in [0.717, 1.165) is 11.4 Å². The van der Waals surface area contributed by atoms with Gasteiger partial charge in [-0.3, -0.25) is 19.4 Å². The van der Waals surface area contributed by atoms with Crippen LogP contribution in [0.4, 0.5) is 0 Å². The van der Waals surface area contributed by atoms with Gasteiger partial charge < -0.3 is 4.74 Å². The summed E-state index contributed by atoms with van der Waals surface area (Å²) in [7, 11) is 0. The minimum atomic E-state index is 0.179. The van der Waals surface area contributed by atoms with Crippen molar-refractivity contribution in [2.45, 2.75) is 33.4 Å². The molecule has 0 aliphatic rings. The molecule has 0 saturated heterocycles. The Morgan fingerprint density at radius 1 is 1.16 bits per heavy atom. The summed E-state index contributed by atoms with van der Waals surface area (Å²) in [6.07, 6.45) is 5.68. The van der Waals surface area contributed by atoms with Crippen LogP contribution in [0.5, 0.6) is 5.75 Å². The summed E-state index contributed by atoms with van der Waals surface area (Å²) in [6.45, 7) is 6.11. The smallest absolute Gasteiger partial charge is 0.172 e. The molecule has 7 heteroatoms. The molecule has 25 heavy (non-hydrogen) atoms. The zero-order valence-corrected chi connectivity index (χ0v) is 14.4. The van der Waals surface area contributed by atoms with E-state index < -0.39 is 0 Å². The van der Waals surface area contributed by atoms with Crippen molar-refractivity contribution in [3.8, 4) is 17.1 Å². The summed E-state index contributed by atoms with van der Waals surface area (Å²) in [5.41, 5.74) is 3.29. The molecule has 3 rings (SSSR count). The molecule has 0 bridgehead atoms. The molecule has 3 heterocycles. The minimum absolute atomic E-state index is 0.179. The molecule has 128 valence electrons. The number of hydrogen-bond donors (Lipinski definition) is 0. The normalized spacial score (nSPS) is 10.9. The Hall–Kier alpha value is -3.09. The summed E-state index contributed by atoms with van der Waals surface area (Å²) >= 11 is 0. The van der Waals surface area contributed by atoms with Crippen LogP contribution in [0.25, 0.3) is 11.4 Å². The number of hydrogen-bond acceptors (Lipinski definition) is 6.